The molecule has 1 N–H and O–H groups in total. The Balaban J connectivity index is 2.15. The van der Waals surface area contributed by atoms with Crippen LogP contribution in [0, 0.1) is 0 Å². The predicted octanol–water partition coefficient (Wildman–Crippen LogP) is 1.40. The molecule has 78 valence electrons. The van der Waals surface area contributed by atoms with Gasteiger partial charge in [0.25, 0.3) is 5.91 Å². The standard InChI is InChI=1S/C11H13N3O/c1-7(2)9-5-12-6-10(14-9)11(15)13-8-3-4-8/h5-6,8H,1,3-4H2,2H3,(H,13,15). The maximum atomic E-state index is 11.6. The molecule has 1 fully saturated rings. The highest BCUT2D eigenvalue weighted by molar-refractivity contribution is 5.92. The fourth-order valence-corrected chi connectivity index (χ4v) is 1.17. The Hall–Kier alpha value is -1.71. The molecule has 1 heterocycles. The summed E-state index contributed by atoms with van der Waals surface area (Å²) in [5, 5.41) is 2.87. The van der Waals surface area contributed by atoms with E-state index in [1.165, 1.54) is 6.20 Å². The van der Waals surface area contributed by atoms with Crippen LogP contribution in [0.3, 0.4) is 0 Å². The van der Waals surface area contributed by atoms with Crippen LogP contribution in [0.15, 0.2) is 19.0 Å². The largest absolute Gasteiger partial charge is 0.348 e. The zero-order valence-corrected chi connectivity index (χ0v) is 8.66. The number of amides is 1. The third-order valence-electron chi connectivity index (χ3n) is 2.22. The summed E-state index contributed by atoms with van der Waals surface area (Å²) in [5.41, 5.74) is 1.84. The Morgan fingerprint density at radius 1 is 1.47 bits per heavy atom. The Labute approximate surface area is 88.4 Å². The molecule has 4 heteroatoms. The van der Waals surface area contributed by atoms with E-state index in [4.69, 9.17) is 0 Å². The topological polar surface area (TPSA) is 54.9 Å². The number of nitrogens with one attached hydrogen (secondary N) is 1. The van der Waals surface area contributed by atoms with Crippen LogP contribution < -0.4 is 5.32 Å². The van der Waals surface area contributed by atoms with Crippen LogP contribution in [-0.4, -0.2) is 21.9 Å². The van der Waals surface area contributed by atoms with Crippen molar-refractivity contribution in [3.8, 4) is 0 Å². The monoisotopic (exact) mass is 203 g/mol. The molecular formula is C11H13N3O. The fourth-order valence-electron chi connectivity index (χ4n) is 1.17. The first-order valence-electron chi connectivity index (χ1n) is 4.95. The number of hydrogen-bond acceptors (Lipinski definition) is 3. The van der Waals surface area contributed by atoms with Gasteiger partial charge in [-0.05, 0) is 25.3 Å². The van der Waals surface area contributed by atoms with Crippen molar-refractivity contribution in [2.45, 2.75) is 25.8 Å². The van der Waals surface area contributed by atoms with Crippen molar-refractivity contribution >= 4 is 11.5 Å². The molecule has 0 unspecified atom stereocenters. The van der Waals surface area contributed by atoms with E-state index in [9.17, 15) is 4.79 Å². The minimum Gasteiger partial charge on any atom is -0.348 e. The molecule has 1 aliphatic rings. The summed E-state index contributed by atoms with van der Waals surface area (Å²) in [5.74, 6) is -0.145. The molecule has 0 saturated heterocycles. The van der Waals surface area contributed by atoms with Crippen LogP contribution >= 0.6 is 0 Å². The van der Waals surface area contributed by atoms with Gasteiger partial charge in [0, 0.05) is 6.04 Å². The Morgan fingerprint density at radius 3 is 2.73 bits per heavy atom. The van der Waals surface area contributed by atoms with Gasteiger partial charge in [-0.3, -0.25) is 9.78 Å². The molecular weight excluding hydrogens is 190 g/mol. The molecule has 0 bridgehead atoms. The van der Waals surface area contributed by atoms with Crippen LogP contribution in [0.4, 0.5) is 0 Å². The van der Waals surface area contributed by atoms with Crippen molar-refractivity contribution in [3.63, 3.8) is 0 Å². The Bertz CT molecular complexity index is 410. The van der Waals surface area contributed by atoms with Gasteiger partial charge in [0.15, 0.2) is 0 Å². The van der Waals surface area contributed by atoms with E-state index in [1.807, 2.05) is 6.92 Å². The molecule has 0 radical (unpaired) electrons. The van der Waals surface area contributed by atoms with E-state index in [0.29, 0.717) is 17.4 Å². The van der Waals surface area contributed by atoms with Crippen LogP contribution in [0.2, 0.25) is 0 Å². The van der Waals surface area contributed by atoms with Gasteiger partial charge >= 0.3 is 0 Å². The Kier molecular flexibility index (Phi) is 2.49. The van der Waals surface area contributed by atoms with Crippen LogP contribution in [0.5, 0.6) is 0 Å². The SMILES string of the molecule is C=C(C)c1cncc(C(=O)NC2CC2)n1. The van der Waals surface area contributed by atoms with Gasteiger partial charge < -0.3 is 5.32 Å². The van der Waals surface area contributed by atoms with Crippen molar-refractivity contribution < 1.29 is 4.79 Å². The van der Waals surface area contributed by atoms with Crippen molar-refractivity contribution in [3.05, 3.63) is 30.4 Å². The molecule has 4 nitrogen and oxygen atoms in total. The van der Waals surface area contributed by atoms with Gasteiger partial charge in [0.2, 0.25) is 0 Å². The highest BCUT2D eigenvalue weighted by Gasteiger charge is 2.24. The second-order valence-corrected chi connectivity index (χ2v) is 3.82. The fraction of sp³-hybridized carbons (Fsp3) is 0.364. The van der Waals surface area contributed by atoms with Gasteiger partial charge in [-0.15, -0.1) is 0 Å². The van der Waals surface area contributed by atoms with Crippen molar-refractivity contribution in [1.82, 2.24) is 15.3 Å². The van der Waals surface area contributed by atoms with Crippen molar-refractivity contribution in [2.75, 3.05) is 0 Å². The minimum absolute atomic E-state index is 0.145. The predicted molar refractivity (Wildman–Crippen MR) is 57.2 cm³/mol. The van der Waals surface area contributed by atoms with Crippen LogP contribution in [0.25, 0.3) is 5.57 Å². The number of aromatic nitrogens is 2. The molecule has 0 spiro atoms. The lowest BCUT2D eigenvalue weighted by molar-refractivity contribution is 0.0945. The minimum atomic E-state index is -0.145. The van der Waals surface area contributed by atoms with Gasteiger partial charge in [-0.2, -0.15) is 0 Å². The molecule has 1 aromatic rings. The van der Waals surface area contributed by atoms with Gasteiger partial charge in [-0.25, -0.2) is 4.98 Å². The van der Waals surface area contributed by atoms with Gasteiger partial charge in [-0.1, -0.05) is 6.58 Å². The average molecular weight is 203 g/mol. The first-order chi connectivity index (χ1) is 7.16. The van der Waals surface area contributed by atoms with E-state index in [-0.39, 0.29) is 5.91 Å². The number of allylic oxidation sites excluding steroid dienone is 1. The zero-order valence-electron chi connectivity index (χ0n) is 8.66. The second-order valence-electron chi connectivity index (χ2n) is 3.82. The molecule has 1 aromatic heterocycles. The van der Waals surface area contributed by atoms with Crippen molar-refractivity contribution in [1.29, 1.82) is 0 Å². The maximum Gasteiger partial charge on any atom is 0.271 e. The highest BCUT2D eigenvalue weighted by atomic mass is 16.2. The van der Waals surface area contributed by atoms with Crippen LogP contribution in [-0.2, 0) is 0 Å². The molecule has 0 aromatic carbocycles. The van der Waals surface area contributed by atoms with E-state index < -0.39 is 0 Å². The van der Waals surface area contributed by atoms with Gasteiger partial charge in [0.1, 0.15) is 5.69 Å². The second kappa shape index (κ2) is 3.81. The van der Waals surface area contributed by atoms with E-state index in [2.05, 4.69) is 21.9 Å². The summed E-state index contributed by atoms with van der Waals surface area (Å²) >= 11 is 0. The molecule has 0 aliphatic heterocycles. The third kappa shape index (κ3) is 2.40. The Morgan fingerprint density at radius 2 is 2.13 bits per heavy atom. The summed E-state index contributed by atoms with van der Waals surface area (Å²) in [7, 11) is 0. The number of nitrogens with zero attached hydrogens (tertiary/aromatic N) is 2. The third-order valence-corrected chi connectivity index (χ3v) is 2.22. The zero-order chi connectivity index (χ0) is 10.8. The van der Waals surface area contributed by atoms with E-state index in [1.54, 1.807) is 6.20 Å². The van der Waals surface area contributed by atoms with Gasteiger partial charge in [0.05, 0.1) is 18.1 Å². The molecule has 1 amide bonds. The van der Waals surface area contributed by atoms with Crippen molar-refractivity contribution in [2.24, 2.45) is 0 Å². The average Bonchev–Trinajstić information content (AvgIpc) is 3.02. The summed E-state index contributed by atoms with van der Waals surface area (Å²) in [4.78, 5) is 19.8. The smallest absolute Gasteiger partial charge is 0.271 e. The number of carbonyl (C=O) groups excluding carboxylic acids is 1. The quantitative estimate of drug-likeness (QED) is 0.807. The normalized spacial score (nSPS) is 14.7. The molecule has 2 rings (SSSR count). The number of rotatable bonds is 3. The lowest BCUT2D eigenvalue weighted by Crippen LogP contribution is -2.26. The number of hydrogen-bond donors (Lipinski definition) is 1. The molecule has 1 aliphatic carbocycles. The maximum absolute atomic E-state index is 11.6. The summed E-state index contributed by atoms with van der Waals surface area (Å²) in [6.45, 7) is 5.60. The first-order valence-corrected chi connectivity index (χ1v) is 4.95. The van der Waals surface area contributed by atoms with E-state index >= 15 is 0 Å². The first kappa shape index (κ1) is 9.83. The van der Waals surface area contributed by atoms with Crippen LogP contribution in [0.1, 0.15) is 35.9 Å². The molecule has 15 heavy (non-hydrogen) atoms. The number of carbonyl (C=O) groups is 1. The van der Waals surface area contributed by atoms with E-state index in [0.717, 1.165) is 18.4 Å². The molecule has 1 saturated carbocycles. The highest BCUT2D eigenvalue weighted by Crippen LogP contribution is 2.19. The summed E-state index contributed by atoms with van der Waals surface area (Å²) in [6, 6.07) is 0.341. The summed E-state index contributed by atoms with van der Waals surface area (Å²) in [6.07, 6.45) is 5.22. The molecule has 0 atom stereocenters. The lowest BCUT2D eigenvalue weighted by Gasteiger charge is -2.03. The summed E-state index contributed by atoms with van der Waals surface area (Å²) < 4.78 is 0. The lowest BCUT2D eigenvalue weighted by atomic mass is 10.2.